The number of rotatable bonds is 0. The van der Waals surface area contributed by atoms with E-state index in [1.54, 1.807) is 0 Å². The quantitative estimate of drug-likeness (QED) is 0.556. The molecule has 0 radical (unpaired) electrons. The van der Waals surface area contributed by atoms with Crippen molar-refractivity contribution in [2.75, 3.05) is 0 Å². The van der Waals surface area contributed by atoms with Crippen LogP contribution in [0.2, 0.25) is 0 Å². The SMILES string of the molecule is CC.Cc1ccc2c(c1)[nH]c1ccc(C)cc12. The fourth-order valence-corrected chi connectivity index (χ4v) is 2.13. The number of nitrogens with one attached hydrogen (secondary N) is 1. The first-order valence-electron chi connectivity index (χ1n) is 6.23. The molecule has 1 N–H and O–H groups in total. The molecular formula is C16H19N. The molecule has 0 atom stereocenters. The maximum absolute atomic E-state index is 3.45. The minimum absolute atomic E-state index is 1.22. The summed E-state index contributed by atoms with van der Waals surface area (Å²) in [6, 6.07) is 13.1. The zero-order valence-electron chi connectivity index (χ0n) is 11.0. The van der Waals surface area contributed by atoms with Gasteiger partial charge in [0.15, 0.2) is 0 Å². The lowest BCUT2D eigenvalue weighted by Gasteiger charge is -1.94. The van der Waals surface area contributed by atoms with Gasteiger partial charge in [-0.25, -0.2) is 0 Å². The van der Waals surface area contributed by atoms with Crippen molar-refractivity contribution < 1.29 is 0 Å². The summed E-state index contributed by atoms with van der Waals surface area (Å²) >= 11 is 0. The van der Waals surface area contributed by atoms with Crippen molar-refractivity contribution >= 4 is 21.8 Å². The summed E-state index contributed by atoms with van der Waals surface area (Å²) in [7, 11) is 0. The van der Waals surface area contributed by atoms with Gasteiger partial charge in [0.1, 0.15) is 0 Å². The van der Waals surface area contributed by atoms with E-state index in [-0.39, 0.29) is 0 Å². The summed E-state index contributed by atoms with van der Waals surface area (Å²) in [6.07, 6.45) is 0. The minimum atomic E-state index is 1.22. The van der Waals surface area contributed by atoms with Gasteiger partial charge >= 0.3 is 0 Å². The molecular weight excluding hydrogens is 206 g/mol. The average molecular weight is 225 g/mol. The average Bonchev–Trinajstić information content (AvgIpc) is 2.68. The van der Waals surface area contributed by atoms with E-state index >= 15 is 0 Å². The van der Waals surface area contributed by atoms with Gasteiger partial charge in [-0.3, -0.25) is 0 Å². The lowest BCUT2D eigenvalue weighted by molar-refractivity contribution is 1.46. The third-order valence-electron chi connectivity index (χ3n) is 2.91. The standard InChI is InChI=1S/C14H13N.C2H6/c1-9-4-6-13-12(7-9)11-5-3-10(2)8-14(11)15-13;1-2/h3-8,15H,1-2H3;1-2H3. The van der Waals surface area contributed by atoms with E-state index in [1.165, 1.54) is 32.9 Å². The number of fused-ring (bicyclic) bond motifs is 3. The number of aryl methyl sites for hydroxylation is 2. The Kier molecular flexibility index (Phi) is 3.19. The van der Waals surface area contributed by atoms with Crippen LogP contribution in [-0.4, -0.2) is 4.98 Å². The van der Waals surface area contributed by atoms with Gasteiger partial charge in [-0.2, -0.15) is 0 Å². The van der Waals surface area contributed by atoms with Gasteiger partial charge < -0.3 is 4.98 Å². The lowest BCUT2D eigenvalue weighted by Crippen LogP contribution is -1.71. The lowest BCUT2D eigenvalue weighted by atomic mass is 10.1. The van der Waals surface area contributed by atoms with E-state index < -0.39 is 0 Å². The Morgan fingerprint density at radius 3 is 2.12 bits per heavy atom. The number of aromatic nitrogens is 1. The van der Waals surface area contributed by atoms with Crippen molar-refractivity contribution in [2.45, 2.75) is 27.7 Å². The summed E-state index contributed by atoms with van der Waals surface area (Å²) in [4.78, 5) is 3.45. The molecule has 0 saturated heterocycles. The zero-order chi connectivity index (χ0) is 12.4. The van der Waals surface area contributed by atoms with E-state index in [0.29, 0.717) is 0 Å². The van der Waals surface area contributed by atoms with Crippen LogP contribution in [0.15, 0.2) is 36.4 Å². The second-order valence-electron chi connectivity index (χ2n) is 4.22. The monoisotopic (exact) mass is 225 g/mol. The van der Waals surface area contributed by atoms with Crippen LogP contribution >= 0.6 is 0 Å². The fourth-order valence-electron chi connectivity index (χ4n) is 2.13. The normalized spacial score (nSPS) is 10.4. The predicted octanol–water partition coefficient (Wildman–Crippen LogP) is 4.96. The molecule has 2 aromatic carbocycles. The highest BCUT2D eigenvalue weighted by atomic mass is 14.7. The van der Waals surface area contributed by atoms with Gasteiger partial charge in [0.2, 0.25) is 0 Å². The van der Waals surface area contributed by atoms with E-state index in [4.69, 9.17) is 0 Å². The molecule has 0 aliphatic heterocycles. The van der Waals surface area contributed by atoms with E-state index in [2.05, 4.69) is 55.2 Å². The number of hydrogen-bond donors (Lipinski definition) is 1. The first kappa shape index (κ1) is 11.7. The Morgan fingerprint density at radius 2 is 1.35 bits per heavy atom. The molecule has 1 aromatic heterocycles. The molecule has 0 aliphatic rings. The van der Waals surface area contributed by atoms with Crippen LogP contribution in [0.1, 0.15) is 25.0 Å². The molecule has 0 amide bonds. The Bertz CT molecular complexity index is 647. The molecule has 1 heterocycles. The summed E-state index contributed by atoms with van der Waals surface area (Å²) in [5, 5.41) is 2.64. The molecule has 0 bridgehead atoms. The van der Waals surface area contributed by atoms with Crippen molar-refractivity contribution in [3.8, 4) is 0 Å². The molecule has 3 aromatic rings. The molecule has 0 fully saturated rings. The molecule has 3 rings (SSSR count). The molecule has 1 nitrogen and oxygen atoms in total. The van der Waals surface area contributed by atoms with Crippen LogP contribution in [0.4, 0.5) is 0 Å². The summed E-state index contributed by atoms with van der Waals surface area (Å²) in [6.45, 7) is 8.25. The van der Waals surface area contributed by atoms with Gasteiger partial charge in [-0.05, 0) is 37.6 Å². The van der Waals surface area contributed by atoms with Gasteiger partial charge in [-0.1, -0.05) is 37.6 Å². The Hall–Kier alpha value is -1.76. The Balaban J connectivity index is 0.000000514. The molecule has 0 unspecified atom stereocenters. The zero-order valence-corrected chi connectivity index (χ0v) is 11.0. The van der Waals surface area contributed by atoms with Gasteiger partial charge in [0.25, 0.3) is 0 Å². The Labute approximate surface area is 102 Å². The van der Waals surface area contributed by atoms with Crippen molar-refractivity contribution in [3.05, 3.63) is 47.5 Å². The Morgan fingerprint density at radius 1 is 0.706 bits per heavy atom. The van der Waals surface area contributed by atoms with Crippen molar-refractivity contribution in [3.63, 3.8) is 0 Å². The summed E-state index contributed by atoms with van der Waals surface area (Å²) in [5.74, 6) is 0. The highest BCUT2D eigenvalue weighted by Gasteiger charge is 2.03. The highest BCUT2D eigenvalue weighted by molar-refractivity contribution is 6.07. The summed E-state index contributed by atoms with van der Waals surface area (Å²) < 4.78 is 0. The van der Waals surface area contributed by atoms with E-state index in [9.17, 15) is 0 Å². The number of benzene rings is 2. The largest absolute Gasteiger partial charge is 0.355 e. The molecule has 88 valence electrons. The second-order valence-corrected chi connectivity index (χ2v) is 4.22. The number of aromatic amines is 1. The highest BCUT2D eigenvalue weighted by Crippen LogP contribution is 2.26. The van der Waals surface area contributed by atoms with Gasteiger partial charge in [0, 0.05) is 21.8 Å². The maximum atomic E-state index is 3.45. The van der Waals surface area contributed by atoms with E-state index in [1.807, 2.05) is 13.8 Å². The molecule has 17 heavy (non-hydrogen) atoms. The minimum Gasteiger partial charge on any atom is -0.355 e. The van der Waals surface area contributed by atoms with Crippen molar-refractivity contribution in [1.82, 2.24) is 4.98 Å². The number of hydrogen-bond acceptors (Lipinski definition) is 0. The van der Waals surface area contributed by atoms with Crippen LogP contribution in [0.5, 0.6) is 0 Å². The van der Waals surface area contributed by atoms with Gasteiger partial charge in [0.05, 0.1) is 0 Å². The number of H-pyrrole nitrogens is 1. The third-order valence-corrected chi connectivity index (χ3v) is 2.91. The van der Waals surface area contributed by atoms with Gasteiger partial charge in [-0.15, -0.1) is 0 Å². The summed E-state index contributed by atoms with van der Waals surface area (Å²) in [5.41, 5.74) is 5.06. The van der Waals surface area contributed by atoms with Crippen LogP contribution in [0.3, 0.4) is 0 Å². The molecule has 0 spiro atoms. The van der Waals surface area contributed by atoms with E-state index in [0.717, 1.165) is 0 Å². The maximum Gasteiger partial charge on any atom is 0.0467 e. The van der Waals surface area contributed by atoms with Crippen LogP contribution in [0.25, 0.3) is 21.8 Å². The first-order valence-corrected chi connectivity index (χ1v) is 6.23. The fraction of sp³-hybridized carbons (Fsp3) is 0.250. The molecule has 0 saturated carbocycles. The molecule has 1 heteroatoms. The smallest absolute Gasteiger partial charge is 0.0467 e. The molecule has 0 aliphatic carbocycles. The van der Waals surface area contributed by atoms with Crippen molar-refractivity contribution in [2.24, 2.45) is 0 Å². The second kappa shape index (κ2) is 4.62. The topological polar surface area (TPSA) is 15.8 Å². The third kappa shape index (κ3) is 2.05. The first-order chi connectivity index (χ1) is 8.24. The predicted molar refractivity (Wildman–Crippen MR) is 76.6 cm³/mol. The van der Waals surface area contributed by atoms with Crippen LogP contribution < -0.4 is 0 Å². The van der Waals surface area contributed by atoms with Crippen LogP contribution in [-0.2, 0) is 0 Å². The van der Waals surface area contributed by atoms with Crippen molar-refractivity contribution in [1.29, 1.82) is 0 Å². The van der Waals surface area contributed by atoms with Crippen LogP contribution in [0, 0.1) is 13.8 Å².